The van der Waals surface area contributed by atoms with E-state index in [-0.39, 0.29) is 29.2 Å². The topological polar surface area (TPSA) is 97.7 Å². The molecule has 0 spiro atoms. The minimum atomic E-state index is -4.61. The zero-order valence-electron chi connectivity index (χ0n) is 20.5. The third kappa shape index (κ3) is 6.50. The molecular weight excluding hydrogens is 523 g/mol. The minimum Gasteiger partial charge on any atom is -0.379 e. The Bertz CT molecular complexity index is 1480. The molecule has 0 radical (unpaired) electrons. The van der Waals surface area contributed by atoms with Gasteiger partial charge in [-0.1, -0.05) is 18.2 Å². The van der Waals surface area contributed by atoms with E-state index in [1.807, 2.05) is 4.90 Å². The lowest BCUT2D eigenvalue weighted by atomic mass is 10.1. The summed E-state index contributed by atoms with van der Waals surface area (Å²) in [5, 5.41) is 2.62. The normalized spacial score (nSPS) is 14.8. The minimum absolute atomic E-state index is 0.000835. The lowest BCUT2D eigenvalue weighted by Crippen LogP contribution is -2.38. The maximum Gasteiger partial charge on any atom is 0.416 e. The zero-order chi connectivity index (χ0) is 27.5. The molecule has 0 bridgehead atoms. The highest BCUT2D eigenvalue weighted by molar-refractivity contribution is 7.90. The van der Waals surface area contributed by atoms with Crippen molar-refractivity contribution < 1.29 is 31.1 Å². The first-order chi connectivity index (χ1) is 17.9. The van der Waals surface area contributed by atoms with Crippen molar-refractivity contribution in [2.24, 2.45) is 0 Å². The molecule has 0 saturated carbocycles. The summed E-state index contributed by atoms with van der Waals surface area (Å²) < 4.78 is 70.0. The van der Waals surface area contributed by atoms with Gasteiger partial charge >= 0.3 is 6.18 Å². The van der Waals surface area contributed by atoms with Crippen molar-refractivity contribution in [3.63, 3.8) is 0 Å². The molecule has 1 aliphatic heterocycles. The van der Waals surface area contributed by atoms with Crippen LogP contribution in [-0.4, -0.2) is 56.4 Å². The number of alkyl halides is 3. The molecule has 1 aliphatic rings. The number of sulfone groups is 1. The summed E-state index contributed by atoms with van der Waals surface area (Å²) in [5.41, 5.74) is -0.858. The first kappa shape index (κ1) is 27.6. The Kier molecular flexibility index (Phi) is 8.05. The van der Waals surface area contributed by atoms with Crippen molar-refractivity contribution in [2.75, 3.05) is 32.6 Å². The predicted molar refractivity (Wildman–Crippen MR) is 134 cm³/mol. The highest BCUT2D eigenvalue weighted by Gasteiger charge is 2.31. The number of nitrogens with one attached hydrogen (secondary N) is 1. The summed E-state index contributed by atoms with van der Waals surface area (Å²) in [7, 11) is -3.37. The second-order valence-electron chi connectivity index (χ2n) is 8.91. The molecule has 1 fully saturated rings. The van der Waals surface area contributed by atoms with E-state index in [0.717, 1.165) is 23.0 Å². The highest BCUT2D eigenvalue weighted by atomic mass is 32.2. The van der Waals surface area contributed by atoms with E-state index in [0.29, 0.717) is 37.6 Å². The van der Waals surface area contributed by atoms with Gasteiger partial charge in [-0.25, -0.2) is 8.42 Å². The van der Waals surface area contributed by atoms with E-state index in [1.54, 1.807) is 18.2 Å². The summed E-state index contributed by atoms with van der Waals surface area (Å²) >= 11 is 0. The molecule has 2 heterocycles. The van der Waals surface area contributed by atoms with E-state index in [1.165, 1.54) is 30.3 Å². The molecule has 8 nitrogen and oxygen atoms in total. The maximum absolute atomic E-state index is 13.5. The average Bonchev–Trinajstić information content (AvgIpc) is 2.87. The Labute approximate surface area is 217 Å². The number of ether oxygens (including phenoxy) is 1. The molecule has 202 valence electrons. The van der Waals surface area contributed by atoms with Gasteiger partial charge in [0.1, 0.15) is 5.56 Å². The first-order valence-electron chi connectivity index (χ1n) is 11.7. The SMILES string of the molecule is CS(=O)(=O)c1ccc(CNC(=O)c2ccc(CN3CCOCC3)n(-c3cccc(C(F)(F)F)c3)c2=O)cc1. The van der Waals surface area contributed by atoms with Gasteiger partial charge in [0.15, 0.2) is 9.84 Å². The van der Waals surface area contributed by atoms with Gasteiger partial charge < -0.3 is 10.1 Å². The number of nitrogens with zero attached hydrogens (tertiary/aromatic N) is 2. The van der Waals surface area contributed by atoms with Crippen LogP contribution in [0.15, 0.2) is 70.4 Å². The van der Waals surface area contributed by atoms with Crippen molar-refractivity contribution >= 4 is 15.7 Å². The Morgan fingerprint density at radius 3 is 2.34 bits per heavy atom. The highest BCUT2D eigenvalue weighted by Crippen LogP contribution is 2.30. The Morgan fingerprint density at radius 1 is 1.03 bits per heavy atom. The number of hydrogen-bond acceptors (Lipinski definition) is 6. The molecule has 12 heteroatoms. The molecule has 0 unspecified atom stereocenters. The van der Waals surface area contributed by atoms with Crippen LogP contribution in [0.4, 0.5) is 13.2 Å². The van der Waals surface area contributed by atoms with E-state index in [2.05, 4.69) is 5.32 Å². The van der Waals surface area contributed by atoms with E-state index in [9.17, 15) is 31.2 Å². The Morgan fingerprint density at radius 2 is 1.71 bits per heavy atom. The van der Waals surface area contributed by atoms with E-state index >= 15 is 0 Å². The standard InChI is InChI=1S/C26H26F3N3O5S/c1-38(35,36)22-8-5-18(6-9-22)16-30-24(33)23-10-7-21(17-31-11-13-37-14-12-31)32(25(23)34)20-4-2-3-19(15-20)26(27,28)29/h2-10,15H,11-14,16-17H2,1H3,(H,30,33). The number of carbonyl (C=O) groups excluding carboxylic acids is 1. The maximum atomic E-state index is 13.5. The number of pyridine rings is 1. The van der Waals surface area contributed by atoms with Gasteiger partial charge in [0.05, 0.1) is 23.7 Å². The summed E-state index contributed by atoms with van der Waals surface area (Å²) in [6, 6.07) is 13.3. The molecule has 1 saturated heterocycles. The van der Waals surface area contributed by atoms with Crippen LogP contribution in [-0.2, 0) is 33.8 Å². The molecule has 1 aromatic heterocycles. The molecule has 1 N–H and O–H groups in total. The van der Waals surface area contributed by atoms with Gasteiger partial charge in [-0.05, 0) is 48.0 Å². The molecule has 1 amide bonds. The van der Waals surface area contributed by atoms with Crippen molar-refractivity contribution in [3.8, 4) is 5.69 Å². The van der Waals surface area contributed by atoms with Crippen LogP contribution in [0.2, 0.25) is 0 Å². The van der Waals surface area contributed by atoms with Crippen LogP contribution in [0.1, 0.15) is 27.2 Å². The Hall–Kier alpha value is -3.48. The number of rotatable bonds is 7. The summed E-state index contributed by atoms with van der Waals surface area (Å²) in [6.07, 6.45) is -3.52. The van der Waals surface area contributed by atoms with Crippen LogP contribution >= 0.6 is 0 Å². The molecule has 0 atom stereocenters. The summed E-state index contributed by atoms with van der Waals surface area (Å²) in [5.74, 6) is -0.708. The lowest BCUT2D eigenvalue weighted by molar-refractivity contribution is -0.137. The van der Waals surface area contributed by atoms with Crippen LogP contribution in [0.3, 0.4) is 0 Å². The predicted octanol–water partition coefficient (Wildman–Crippen LogP) is 3.02. The second kappa shape index (κ2) is 11.1. The van der Waals surface area contributed by atoms with Crippen molar-refractivity contribution in [3.05, 3.63) is 93.4 Å². The van der Waals surface area contributed by atoms with Gasteiger partial charge in [0.2, 0.25) is 0 Å². The monoisotopic (exact) mass is 549 g/mol. The molecule has 0 aliphatic carbocycles. The van der Waals surface area contributed by atoms with Crippen molar-refractivity contribution in [2.45, 2.75) is 24.2 Å². The third-order valence-corrected chi connectivity index (χ3v) is 7.26. The number of benzene rings is 2. The number of amides is 1. The number of carbonyl (C=O) groups is 1. The molecule has 2 aromatic carbocycles. The van der Waals surface area contributed by atoms with Gasteiger partial charge in [-0.2, -0.15) is 13.2 Å². The van der Waals surface area contributed by atoms with Crippen molar-refractivity contribution in [1.29, 1.82) is 0 Å². The van der Waals surface area contributed by atoms with Crippen LogP contribution in [0, 0.1) is 0 Å². The van der Waals surface area contributed by atoms with E-state index in [4.69, 9.17) is 4.74 Å². The van der Waals surface area contributed by atoms with Gasteiger partial charge in [0, 0.05) is 43.8 Å². The van der Waals surface area contributed by atoms with Crippen LogP contribution < -0.4 is 10.9 Å². The largest absolute Gasteiger partial charge is 0.416 e. The number of morpholine rings is 1. The fraction of sp³-hybridized carbons (Fsp3) is 0.308. The smallest absolute Gasteiger partial charge is 0.379 e. The average molecular weight is 550 g/mol. The fourth-order valence-corrected chi connectivity index (χ4v) is 4.73. The first-order valence-corrected chi connectivity index (χ1v) is 13.6. The Balaban J connectivity index is 1.65. The van der Waals surface area contributed by atoms with Gasteiger partial charge in [0.25, 0.3) is 11.5 Å². The second-order valence-corrected chi connectivity index (χ2v) is 10.9. The molecular formula is C26H26F3N3O5S. The number of aromatic nitrogens is 1. The summed E-state index contributed by atoms with van der Waals surface area (Å²) in [4.78, 5) is 28.6. The quantitative estimate of drug-likeness (QED) is 0.487. The van der Waals surface area contributed by atoms with Crippen LogP contribution in [0.25, 0.3) is 5.69 Å². The lowest BCUT2D eigenvalue weighted by Gasteiger charge is -2.28. The van der Waals surface area contributed by atoms with E-state index < -0.39 is 33.0 Å². The van der Waals surface area contributed by atoms with Crippen LogP contribution in [0.5, 0.6) is 0 Å². The number of hydrogen-bond donors (Lipinski definition) is 1. The fourth-order valence-electron chi connectivity index (χ4n) is 4.10. The molecule has 4 rings (SSSR count). The van der Waals surface area contributed by atoms with Crippen molar-refractivity contribution in [1.82, 2.24) is 14.8 Å². The summed E-state index contributed by atoms with van der Waals surface area (Å²) in [6.45, 7) is 2.48. The van der Waals surface area contributed by atoms with Gasteiger partial charge in [-0.15, -0.1) is 0 Å². The molecule has 38 heavy (non-hydrogen) atoms. The van der Waals surface area contributed by atoms with Gasteiger partial charge in [-0.3, -0.25) is 19.1 Å². The molecule has 3 aromatic rings. The third-order valence-electron chi connectivity index (χ3n) is 6.13. The zero-order valence-corrected chi connectivity index (χ0v) is 21.3. The number of halogens is 3.